The van der Waals surface area contributed by atoms with Crippen molar-refractivity contribution in [1.82, 2.24) is 10.3 Å². The molecule has 1 aliphatic carbocycles. The second-order valence-corrected chi connectivity index (χ2v) is 6.84. The summed E-state index contributed by atoms with van der Waals surface area (Å²) in [7, 11) is 0. The molecule has 2 aromatic rings. The molecule has 1 aromatic carbocycles. The molecule has 0 radical (unpaired) electrons. The SMILES string of the molecule is CC(C)NCc1ccc(Nc2ccnc3c2=CCC(Cl)C=3)cc1O. The first kappa shape index (κ1) is 16.8. The van der Waals surface area contributed by atoms with E-state index in [2.05, 4.69) is 35.5 Å². The Hall–Kier alpha value is -2.04. The number of halogens is 1. The number of aromatic hydroxyl groups is 1. The van der Waals surface area contributed by atoms with Crippen LogP contribution in [-0.4, -0.2) is 21.5 Å². The van der Waals surface area contributed by atoms with Crippen LogP contribution in [0.3, 0.4) is 0 Å². The maximum Gasteiger partial charge on any atom is 0.122 e. The van der Waals surface area contributed by atoms with E-state index in [-0.39, 0.29) is 11.1 Å². The number of pyridine rings is 1. The van der Waals surface area contributed by atoms with E-state index in [0.717, 1.165) is 33.9 Å². The van der Waals surface area contributed by atoms with Gasteiger partial charge < -0.3 is 15.7 Å². The number of nitrogens with one attached hydrogen (secondary N) is 2. The highest BCUT2D eigenvalue weighted by Gasteiger charge is 2.08. The van der Waals surface area contributed by atoms with Crippen LogP contribution in [0.1, 0.15) is 25.8 Å². The lowest BCUT2D eigenvalue weighted by molar-refractivity contribution is 0.461. The molecule has 0 amide bonds. The number of rotatable bonds is 5. The molecule has 0 spiro atoms. The van der Waals surface area contributed by atoms with E-state index < -0.39 is 0 Å². The Morgan fingerprint density at radius 1 is 1.33 bits per heavy atom. The first-order chi connectivity index (χ1) is 11.5. The highest BCUT2D eigenvalue weighted by molar-refractivity contribution is 6.24. The van der Waals surface area contributed by atoms with Crippen molar-refractivity contribution in [3.8, 4) is 5.75 Å². The van der Waals surface area contributed by atoms with Crippen molar-refractivity contribution in [3.05, 3.63) is 46.6 Å². The first-order valence-corrected chi connectivity index (χ1v) is 8.60. The Morgan fingerprint density at radius 2 is 2.17 bits per heavy atom. The lowest BCUT2D eigenvalue weighted by Crippen LogP contribution is -2.34. The van der Waals surface area contributed by atoms with Gasteiger partial charge >= 0.3 is 0 Å². The van der Waals surface area contributed by atoms with Crippen LogP contribution in [0.5, 0.6) is 5.75 Å². The van der Waals surface area contributed by atoms with Crippen LogP contribution in [0.2, 0.25) is 0 Å². The maximum atomic E-state index is 10.2. The summed E-state index contributed by atoms with van der Waals surface area (Å²) in [6.07, 6.45) is 6.63. The fourth-order valence-corrected chi connectivity index (χ4v) is 2.88. The number of nitrogens with zero attached hydrogens (tertiary/aromatic N) is 1. The minimum atomic E-state index is -0.00275. The summed E-state index contributed by atoms with van der Waals surface area (Å²) >= 11 is 6.16. The van der Waals surface area contributed by atoms with Crippen LogP contribution in [0, 0.1) is 0 Å². The van der Waals surface area contributed by atoms with Crippen LogP contribution < -0.4 is 21.2 Å². The number of phenolic OH excluding ortho intramolecular Hbond substituents is 1. The predicted molar refractivity (Wildman–Crippen MR) is 100 cm³/mol. The Balaban J connectivity index is 1.84. The summed E-state index contributed by atoms with van der Waals surface area (Å²) in [6, 6.07) is 7.97. The van der Waals surface area contributed by atoms with Gasteiger partial charge in [-0.3, -0.25) is 4.98 Å². The van der Waals surface area contributed by atoms with E-state index in [1.54, 1.807) is 12.3 Å². The van der Waals surface area contributed by atoms with Crippen molar-refractivity contribution in [3.63, 3.8) is 0 Å². The molecule has 3 N–H and O–H groups in total. The molecule has 1 aliphatic rings. The lowest BCUT2D eigenvalue weighted by Gasteiger charge is -2.13. The first-order valence-electron chi connectivity index (χ1n) is 8.16. The number of anilines is 2. The van der Waals surface area contributed by atoms with Crippen LogP contribution in [-0.2, 0) is 6.54 Å². The van der Waals surface area contributed by atoms with Gasteiger partial charge in [0, 0.05) is 47.0 Å². The number of phenols is 1. The van der Waals surface area contributed by atoms with E-state index in [9.17, 15) is 5.11 Å². The quantitative estimate of drug-likeness (QED) is 0.730. The summed E-state index contributed by atoms with van der Waals surface area (Å²) in [5, 5.41) is 18.9. The Kier molecular flexibility index (Phi) is 5.07. The van der Waals surface area contributed by atoms with Crippen molar-refractivity contribution in [2.45, 2.75) is 38.2 Å². The summed E-state index contributed by atoms with van der Waals surface area (Å²) in [5.41, 5.74) is 2.69. The molecule has 0 saturated heterocycles. The van der Waals surface area contributed by atoms with Crippen molar-refractivity contribution in [2.24, 2.45) is 0 Å². The van der Waals surface area contributed by atoms with Crippen LogP contribution in [0.25, 0.3) is 12.2 Å². The van der Waals surface area contributed by atoms with Gasteiger partial charge in [-0.25, -0.2) is 0 Å². The summed E-state index contributed by atoms with van der Waals surface area (Å²) in [5.74, 6) is 0.285. The molecule has 0 fully saturated rings. The van der Waals surface area contributed by atoms with Gasteiger partial charge in [-0.15, -0.1) is 11.6 Å². The number of hydrogen-bond acceptors (Lipinski definition) is 4. The van der Waals surface area contributed by atoms with Crippen molar-refractivity contribution in [1.29, 1.82) is 0 Å². The second-order valence-electron chi connectivity index (χ2n) is 6.28. The van der Waals surface area contributed by atoms with Crippen molar-refractivity contribution in [2.75, 3.05) is 5.32 Å². The Morgan fingerprint density at radius 3 is 2.92 bits per heavy atom. The minimum absolute atomic E-state index is 0.00275. The van der Waals surface area contributed by atoms with Gasteiger partial charge in [-0.1, -0.05) is 26.0 Å². The molecule has 4 nitrogen and oxygen atoms in total. The van der Waals surface area contributed by atoms with Crippen molar-refractivity contribution < 1.29 is 5.11 Å². The Labute approximate surface area is 146 Å². The minimum Gasteiger partial charge on any atom is -0.508 e. The smallest absolute Gasteiger partial charge is 0.122 e. The number of alkyl halides is 1. The fraction of sp³-hybridized carbons (Fsp3) is 0.316. The number of aromatic nitrogens is 1. The van der Waals surface area contributed by atoms with Gasteiger partial charge in [0.05, 0.1) is 10.7 Å². The largest absolute Gasteiger partial charge is 0.508 e. The third-order valence-electron chi connectivity index (χ3n) is 3.97. The normalized spacial score (nSPS) is 16.2. The number of benzene rings is 1. The number of hydrogen-bond donors (Lipinski definition) is 3. The molecule has 1 heterocycles. The molecule has 24 heavy (non-hydrogen) atoms. The van der Waals surface area contributed by atoms with Gasteiger partial charge in [-0.05, 0) is 24.6 Å². The van der Waals surface area contributed by atoms with E-state index in [1.165, 1.54) is 0 Å². The lowest BCUT2D eigenvalue weighted by atomic mass is 10.1. The van der Waals surface area contributed by atoms with Gasteiger partial charge in [-0.2, -0.15) is 0 Å². The zero-order chi connectivity index (χ0) is 17.1. The highest BCUT2D eigenvalue weighted by Crippen LogP contribution is 2.23. The average molecular weight is 344 g/mol. The highest BCUT2D eigenvalue weighted by atomic mass is 35.5. The van der Waals surface area contributed by atoms with Crippen LogP contribution >= 0.6 is 11.6 Å². The molecule has 5 heteroatoms. The zero-order valence-corrected chi connectivity index (χ0v) is 14.6. The fourth-order valence-electron chi connectivity index (χ4n) is 2.68. The van der Waals surface area contributed by atoms with Gasteiger partial charge in [0.15, 0.2) is 0 Å². The molecule has 3 rings (SSSR count). The molecule has 1 aromatic heterocycles. The summed E-state index contributed by atoms with van der Waals surface area (Å²) in [6.45, 7) is 4.81. The van der Waals surface area contributed by atoms with Gasteiger partial charge in [0.1, 0.15) is 5.75 Å². The number of fused-ring (bicyclic) bond motifs is 1. The van der Waals surface area contributed by atoms with E-state index >= 15 is 0 Å². The standard InChI is InChI=1S/C19H22ClN3O/c1-12(2)22-11-13-3-5-15(10-19(13)24)23-17-7-8-21-18-9-14(20)4-6-16(17)18/h3,5-10,12,14,22-24H,4,11H2,1-2H3. The molecule has 0 bridgehead atoms. The Bertz CT molecular complexity index is 848. The monoisotopic (exact) mass is 343 g/mol. The van der Waals surface area contributed by atoms with Crippen LogP contribution in [0.4, 0.5) is 11.4 Å². The summed E-state index contributed by atoms with van der Waals surface area (Å²) < 4.78 is 0. The van der Waals surface area contributed by atoms with Crippen LogP contribution in [0.15, 0.2) is 30.5 Å². The molecular formula is C19H22ClN3O. The summed E-state index contributed by atoms with van der Waals surface area (Å²) in [4.78, 5) is 4.38. The van der Waals surface area contributed by atoms with Gasteiger partial charge in [0.2, 0.25) is 0 Å². The second kappa shape index (κ2) is 7.24. The third-order valence-corrected chi connectivity index (χ3v) is 4.28. The predicted octanol–water partition coefficient (Wildman–Crippen LogP) is 2.60. The molecule has 0 saturated carbocycles. The topological polar surface area (TPSA) is 57.2 Å². The molecular weight excluding hydrogens is 322 g/mol. The van der Waals surface area contributed by atoms with E-state index in [1.807, 2.05) is 24.3 Å². The van der Waals surface area contributed by atoms with Crippen molar-refractivity contribution >= 4 is 35.1 Å². The van der Waals surface area contributed by atoms with Gasteiger partial charge in [0.25, 0.3) is 0 Å². The van der Waals surface area contributed by atoms with E-state index in [0.29, 0.717) is 12.6 Å². The molecule has 0 aliphatic heterocycles. The molecule has 1 atom stereocenters. The average Bonchev–Trinajstić information content (AvgIpc) is 2.54. The third kappa shape index (κ3) is 3.89. The zero-order valence-electron chi connectivity index (χ0n) is 13.9. The maximum absolute atomic E-state index is 10.2. The molecule has 1 unspecified atom stereocenters. The van der Waals surface area contributed by atoms with E-state index in [4.69, 9.17) is 11.6 Å². The molecule has 126 valence electrons.